The molecule has 0 aliphatic carbocycles. The van der Waals surface area contributed by atoms with E-state index in [0.717, 1.165) is 19.4 Å². The van der Waals surface area contributed by atoms with Crippen molar-refractivity contribution < 1.29 is 4.79 Å². The molecule has 0 aromatic heterocycles. The van der Waals surface area contributed by atoms with Crippen LogP contribution < -0.4 is 11.3 Å². The Labute approximate surface area is 60.3 Å². The monoisotopic (exact) mass is 143 g/mol. The number of nitrogens with zero attached hydrogens (tertiary/aromatic N) is 1. The molecule has 0 aromatic rings. The van der Waals surface area contributed by atoms with E-state index in [2.05, 4.69) is 5.43 Å². The molecular formula is C6H13N3O. The molecule has 1 fully saturated rings. The van der Waals surface area contributed by atoms with E-state index in [-0.39, 0.29) is 11.9 Å². The van der Waals surface area contributed by atoms with Crippen LogP contribution in [0.25, 0.3) is 0 Å². The summed E-state index contributed by atoms with van der Waals surface area (Å²) in [6.07, 6.45) is 2.02. The highest BCUT2D eigenvalue weighted by Gasteiger charge is 2.26. The standard InChI is InChI=1S/C6H13N3O/c1-9-4-2-3-5(9)6(10)8-7/h5H,2-4,7H2,1H3,(H,8,10). The molecule has 0 saturated carbocycles. The van der Waals surface area contributed by atoms with Gasteiger partial charge in [0, 0.05) is 0 Å². The van der Waals surface area contributed by atoms with Crippen LogP contribution in [0.3, 0.4) is 0 Å². The first-order valence-corrected chi connectivity index (χ1v) is 3.46. The van der Waals surface area contributed by atoms with Gasteiger partial charge in [0.15, 0.2) is 0 Å². The number of amides is 1. The molecule has 1 rings (SSSR count). The van der Waals surface area contributed by atoms with Crippen molar-refractivity contribution in [3.63, 3.8) is 0 Å². The van der Waals surface area contributed by atoms with Crippen molar-refractivity contribution in [1.29, 1.82) is 0 Å². The molecule has 4 nitrogen and oxygen atoms in total. The molecule has 58 valence electrons. The van der Waals surface area contributed by atoms with Crippen LogP contribution in [-0.4, -0.2) is 30.4 Å². The van der Waals surface area contributed by atoms with Gasteiger partial charge in [0.05, 0.1) is 6.04 Å². The van der Waals surface area contributed by atoms with Crippen LogP contribution >= 0.6 is 0 Å². The van der Waals surface area contributed by atoms with E-state index in [1.807, 2.05) is 11.9 Å². The maximum Gasteiger partial charge on any atom is 0.251 e. The van der Waals surface area contributed by atoms with Crippen molar-refractivity contribution >= 4 is 5.91 Å². The quantitative estimate of drug-likeness (QED) is 0.283. The Kier molecular flexibility index (Phi) is 2.24. The topological polar surface area (TPSA) is 58.4 Å². The smallest absolute Gasteiger partial charge is 0.251 e. The SMILES string of the molecule is CN1CCCC1C(=O)NN. The van der Waals surface area contributed by atoms with Gasteiger partial charge in [-0.15, -0.1) is 0 Å². The van der Waals surface area contributed by atoms with Crippen molar-refractivity contribution in [2.75, 3.05) is 13.6 Å². The van der Waals surface area contributed by atoms with Crippen molar-refractivity contribution in [3.05, 3.63) is 0 Å². The molecule has 1 unspecified atom stereocenters. The Bertz CT molecular complexity index is 137. The number of hydrazine groups is 1. The lowest BCUT2D eigenvalue weighted by Gasteiger charge is -2.16. The Morgan fingerprint density at radius 2 is 2.50 bits per heavy atom. The summed E-state index contributed by atoms with van der Waals surface area (Å²) in [5, 5.41) is 0. The van der Waals surface area contributed by atoms with Crippen LogP contribution in [0.15, 0.2) is 0 Å². The largest absolute Gasteiger partial charge is 0.295 e. The second-order valence-corrected chi connectivity index (χ2v) is 2.65. The average molecular weight is 143 g/mol. The van der Waals surface area contributed by atoms with Crippen LogP contribution in [0.5, 0.6) is 0 Å². The number of carbonyl (C=O) groups is 1. The molecule has 1 amide bonds. The van der Waals surface area contributed by atoms with Crippen molar-refractivity contribution in [2.45, 2.75) is 18.9 Å². The number of nitrogens with two attached hydrogens (primary N) is 1. The summed E-state index contributed by atoms with van der Waals surface area (Å²) >= 11 is 0. The predicted molar refractivity (Wildman–Crippen MR) is 38.0 cm³/mol. The molecule has 4 heteroatoms. The molecule has 0 radical (unpaired) electrons. The summed E-state index contributed by atoms with van der Waals surface area (Å²) in [4.78, 5) is 13.0. The highest BCUT2D eigenvalue weighted by molar-refractivity contribution is 5.81. The molecule has 1 heterocycles. The van der Waals surface area contributed by atoms with Crippen LogP contribution in [0.4, 0.5) is 0 Å². The first-order chi connectivity index (χ1) is 4.75. The maximum atomic E-state index is 10.9. The first kappa shape index (κ1) is 7.50. The summed E-state index contributed by atoms with van der Waals surface area (Å²) < 4.78 is 0. The van der Waals surface area contributed by atoms with Gasteiger partial charge in [0.2, 0.25) is 0 Å². The fraction of sp³-hybridized carbons (Fsp3) is 0.833. The maximum absolute atomic E-state index is 10.9. The van der Waals surface area contributed by atoms with Gasteiger partial charge in [-0.1, -0.05) is 0 Å². The van der Waals surface area contributed by atoms with Gasteiger partial charge in [0.1, 0.15) is 0 Å². The first-order valence-electron chi connectivity index (χ1n) is 3.46. The Morgan fingerprint density at radius 3 is 2.90 bits per heavy atom. The zero-order chi connectivity index (χ0) is 7.56. The van der Waals surface area contributed by atoms with Gasteiger partial charge < -0.3 is 0 Å². The minimum atomic E-state index is -0.0694. The normalized spacial score (nSPS) is 26.8. The van der Waals surface area contributed by atoms with Crippen LogP contribution in [-0.2, 0) is 4.79 Å². The molecule has 0 bridgehead atoms. The highest BCUT2D eigenvalue weighted by Crippen LogP contribution is 2.13. The zero-order valence-corrected chi connectivity index (χ0v) is 6.13. The lowest BCUT2D eigenvalue weighted by molar-refractivity contribution is -0.125. The minimum absolute atomic E-state index is 0.00463. The van der Waals surface area contributed by atoms with E-state index >= 15 is 0 Å². The molecule has 0 aromatic carbocycles. The molecule has 1 atom stereocenters. The number of hydrogen-bond donors (Lipinski definition) is 2. The van der Waals surface area contributed by atoms with Gasteiger partial charge >= 0.3 is 0 Å². The van der Waals surface area contributed by atoms with Crippen molar-refractivity contribution in [1.82, 2.24) is 10.3 Å². The number of nitrogens with one attached hydrogen (secondary N) is 1. The van der Waals surface area contributed by atoms with E-state index in [1.165, 1.54) is 0 Å². The Hall–Kier alpha value is -0.610. The van der Waals surface area contributed by atoms with Gasteiger partial charge in [0.25, 0.3) is 5.91 Å². The zero-order valence-electron chi connectivity index (χ0n) is 6.13. The van der Waals surface area contributed by atoms with Gasteiger partial charge in [-0.25, -0.2) is 5.84 Å². The molecule has 1 aliphatic rings. The number of likely N-dealkylation sites (tertiary alicyclic amines) is 1. The second kappa shape index (κ2) is 2.98. The summed E-state index contributed by atoms with van der Waals surface area (Å²) in [6, 6.07) is 0.00463. The third kappa shape index (κ3) is 1.27. The van der Waals surface area contributed by atoms with Gasteiger partial charge in [-0.05, 0) is 26.4 Å². The third-order valence-corrected chi connectivity index (χ3v) is 1.97. The third-order valence-electron chi connectivity index (χ3n) is 1.97. The van der Waals surface area contributed by atoms with E-state index in [4.69, 9.17) is 5.84 Å². The fourth-order valence-electron chi connectivity index (χ4n) is 1.34. The van der Waals surface area contributed by atoms with E-state index in [1.54, 1.807) is 0 Å². The molecule has 0 spiro atoms. The summed E-state index contributed by atoms with van der Waals surface area (Å²) in [6.45, 7) is 0.998. The summed E-state index contributed by atoms with van der Waals surface area (Å²) in [5.41, 5.74) is 2.16. The van der Waals surface area contributed by atoms with Crippen molar-refractivity contribution in [3.8, 4) is 0 Å². The van der Waals surface area contributed by atoms with Gasteiger partial charge in [-0.3, -0.25) is 15.1 Å². The Balaban J connectivity index is 2.46. The predicted octanol–water partition coefficient (Wildman–Crippen LogP) is -0.929. The Morgan fingerprint density at radius 1 is 1.80 bits per heavy atom. The van der Waals surface area contributed by atoms with Crippen LogP contribution in [0.2, 0.25) is 0 Å². The molecular weight excluding hydrogens is 130 g/mol. The molecule has 1 aliphatic heterocycles. The van der Waals surface area contributed by atoms with Crippen LogP contribution in [0.1, 0.15) is 12.8 Å². The van der Waals surface area contributed by atoms with Gasteiger partial charge in [-0.2, -0.15) is 0 Å². The fourth-order valence-corrected chi connectivity index (χ4v) is 1.34. The summed E-state index contributed by atoms with van der Waals surface area (Å²) in [7, 11) is 1.94. The highest BCUT2D eigenvalue weighted by atomic mass is 16.2. The average Bonchev–Trinajstić information content (AvgIpc) is 2.34. The molecule has 3 N–H and O–H groups in total. The van der Waals surface area contributed by atoms with E-state index in [0.29, 0.717) is 0 Å². The number of carbonyl (C=O) groups excluding carboxylic acids is 1. The van der Waals surface area contributed by atoms with Crippen LogP contribution in [0, 0.1) is 0 Å². The van der Waals surface area contributed by atoms with E-state index < -0.39 is 0 Å². The molecule has 1 saturated heterocycles. The second-order valence-electron chi connectivity index (χ2n) is 2.65. The number of likely N-dealkylation sites (N-methyl/N-ethyl adjacent to an activating group) is 1. The van der Waals surface area contributed by atoms with Crippen molar-refractivity contribution in [2.24, 2.45) is 5.84 Å². The lowest BCUT2D eigenvalue weighted by atomic mass is 10.2. The molecule has 10 heavy (non-hydrogen) atoms. The number of hydrogen-bond acceptors (Lipinski definition) is 3. The van der Waals surface area contributed by atoms with E-state index in [9.17, 15) is 4.79 Å². The number of rotatable bonds is 1. The summed E-state index contributed by atoms with van der Waals surface area (Å²) in [5.74, 6) is 4.92. The minimum Gasteiger partial charge on any atom is -0.295 e. The lowest BCUT2D eigenvalue weighted by Crippen LogP contribution is -2.44.